The molecule has 3 N–H and O–H groups in total. The Morgan fingerprint density at radius 3 is 2.34 bits per heavy atom. The zero-order valence-electron chi connectivity index (χ0n) is 15.1. The first-order valence-electron chi connectivity index (χ1n) is 8.56. The van der Waals surface area contributed by atoms with Crippen molar-refractivity contribution in [2.75, 3.05) is 23.7 Å². The SMILES string of the molecule is O=S(=O)(Cc1cc(F)cc(F)c1)NCCNc1cc(Nc2ccccn2)ncn1. The third-order valence-corrected chi connectivity index (χ3v) is 4.98. The van der Waals surface area contributed by atoms with Gasteiger partial charge in [-0.15, -0.1) is 0 Å². The molecule has 1 aromatic carbocycles. The smallest absolute Gasteiger partial charge is 0.215 e. The summed E-state index contributed by atoms with van der Waals surface area (Å²) in [6, 6.07) is 9.72. The van der Waals surface area contributed by atoms with Crippen LogP contribution in [0.25, 0.3) is 0 Å². The highest BCUT2D eigenvalue weighted by atomic mass is 32.2. The predicted octanol–water partition coefficient (Wildman–Crippen LogP) is 2.42. The van der Waals surface area contributed by atoms with Crippen LogP contribution in [0.1, 0.15) is 5.56 Å². The average molecular weight is 420 g/mol. The average Bonchev–Trinajstić information content (AvgIpc) is 2.65. The molecule has 3 rings (SSSR count). The molecule has 29 heavy (non-hydrogen) atoms. The number of nitrogens with one attached hydrogen (secondary N) is 3. The fraction of sp³-hybridized carbons (Fsp3) is 0.167. The van der Waals surface area contributed by atoms with E-state index in [0.717, 1.165) is 12.1 Å². The third-order valence-electron chi connectivity index (χ3n) is 3.62. The van der Waals surface area contributed by atoms with Gasteiger partial charge in [-0.05, 0) is 29.8 Å². The zero-order valence-corrected chi connectivity index (χ0v) is 16.0. The van der Waals surface area contributed by atoms with E-state index >= 15 is 0 Å². The Morgan fingerprint density at radius 2 is 1.62 bits per heavy atom. The third kappa shape index (κ3) is 6.73. The Labute approximate surface area is 166 Å². The summed E-state index contributed by atoms with van der Waals surface area (Å²) in [4.78, 5) is 12.3. The highest BCUT2D eigenvalue weighted by Crippen LogP contribution is 2.14. The first kappa shape index (κ1) is 20.6. The highest BCUT2D eigenvalue weighted by Gasteiger charge is 2.12. The van der Waals surface area contributed by atoms with Crippen molar-refractivity contribution in [3.8, 4) is 0 Å². The molecule has 0 atom stereocenters. The number of anilines is 3. The van der Waals surface area contributed by atoms with Crippen LogP contribution in [-0.2, 0) is 15.8 Å². The lowest BCUT2D eigenvalue weighted by Crippen LogP contribution is -2.30. The number of pyridine rings is 1. The minimum atomic E-state index is -3.75. The number of hydrogen-bond acceptors (Lipinski definition) is 7. The normalized spacial score (nSPS) is 11.2. The Morgan fingerprint density at radius 1 is 0.862 bits per heavy atom. The van der Waals surface area contributed by atoms with Crippen molar-refractivity contribution >= 4 is 27.5 Å². The monoisotopic (exact) mass is 420 g/mol. The van der Waals surface area contributed by atoms with Crippen LogP contribution >= 0.6 is 0 Å². The second-order valence-corrected chi connectivity index (χ2v) is 7.79. The van der Waals surface area contributed by atoms with Crippen molar-refractivity contribution in [1.29, 1.82) is 0 Å². The molecule has 2 aromatic heterocycles. The lowest BCUT2D eigenvalue weighted by molar-refractivity contribution is 0.575. The summed E-state index contributed by atoms with van der Waals surface area (Å²) in [5.41, 5.74) is 0.0315. The number of benzene rings is 1. The lowest BCUT2D eigenvalue weighted by Gasteiger charge is -2.10. The number of hydrogen-bond donors (Lipinski definition) is 3. The molecule has 152 valence electrons. The number of aromatic nitrogens is 3. The fourth-order valence-electron chi connectivity index (χ4n) is 2.45. The summed E-state index contributed by atoms with van der Waals surface area (Å²) in [7, 11) is -3.75. The van der Waals surface area contributed by atoms with E-state index in [4.69, 9.17) is 0 Å². The zero-order chi connectivity index (χ0) is 20.7. The molecule has 0 spiro atoms. The van der Waals surface area contributed by atoms with Crippen LogP contribution in [0.4, 0.5) is 26.2 Å². The summed E-state index contributed by atoms with van der Waals surface area (Å²) in [5, 5.41) is 5.99. The minimum Gasteiger partial charge on any atom is -0.369 e. The van der Waals surface area contributed by atoms with Gasteiger partial charge in [0, 0.05) is 31.4 Å². The van der Waals surface area contributed by atoms with Gasteiger partial charge in [-0.1, -0.05) is 6.07 Å². The molecule has 0 bridgehead atoms. The Balaban J connectivity index is 1.49. The van der Waals surface area contributed by atoms with E-state index in [9.17, 15) is 17.2 Å². The Kier molecular flexibility index (Phi) is 6.62. The summed E-state index contributed by atoms with van der Waals surface area (Å²) >= 11 is 0. The van der Waals surface area contributed by atoms with Crippen LogP contribution in [0, 0.1) is 11.6 Å². The molecule has 0 radical (unpaired) electrons. The summed E-state index contributed by atoms with van der Waals surface area (Å²) in [5.74, 6) is -0.530. The molecule has 0 aliphatic rings. The molecule has 0 fully saturated rings. The Hall–Kier alpha value is -3.18. The second-order valence-electron chi connectivity index (χ2n) is 5.99. The minimum absolute atomic E-state index is 0.0315. The molecule has 11 heteroatoms. The predicted molar refractivity (Wildman–Crippen MR) is 105 cm³/mol. The van der Waals surface area contributed by atoms with Gasteiger partial charge < -0.3 is 10.6 Å². The molecule has 0 unspecified atom stereocenters. The van der Waals surface area contributed by atoms with Crippen molar-refractivity contribution in [3.05, 3.63) is 72.2 Å². The summed E-state index contributed by atoms with van der Waals surface area (Å²) in [6.45, 7) is 0.309. The maximum Gasteiger partial charge on any atom is 0.215 e. The molecular weight excluding hydrogens is 402 g/mol. The van der Waals surface area contributed by atoms with Gasteiger partial charge >= 0.3 is 0 Å². The molecule has 0 saturated carbocycles. The van der Waals surface area contributed by atoms with Crippen LogP contribution in [0.5, 0.6) is 0 Å². The van der Waals surface area contributed by atoms with E-state index < -0.39 is 27.4 Å². The van der Waals surface area contributed by atoms with E-state index in [2.05, 4.69) is 30.3 Å². The van der Waals surface area contributed by atoms with Gasteiger partial charge in [-0.25, -0.2) is 36.9 Å². The molecular formula is C18H18F2N6O2S. The van der Waals surface area contributed by atoms with Crippen LogP contribution in [0.3, 0.4) is 0 Å². The van der Waals surface area contributed by atoms with E-state index in [1.807, 2.05) is 6.07 Å². The largest absolute Gasteiger partial charge is 0.369 e. The fourth-order valence-corrected chi connectivity index (χ4v) is 3.57. The van der Waals surface area contributed by atoms with E-state index in [0.29, 0.717) is 23.5 Å². The highest BCUT2D eigenvalue weighted by molar-refractivity contribution is 7.88. The topological polar surface area (TPSA) is 109 Å². The van der Waals surface area contributed by atoms with Crippen molar-refractivity contribution < 1.29 is 17.2 Å². The van der Waals surface area contributed by atoms with Crippen LogP contribution in [0.2, 0.25) is 0 Å². The molecule has 3 aromatic rings. The van der Waals surface area contributed by atoms with Gasteiger partial charge in [0.05, 0.1) is 5.75 Å². The van der Waals surface area contributed by atoms with Crippen LogP contribution < -0.4 is 15.4 Å². The quantitative estimate of drug-likeness (QED) is 0.456. The van der Waals surface area contributed by atoms with Gasteiger partial charge in [0.2, 0.25) is 10.0 Å². The maximum absolute atomic E-state index is 13.2. The second kappa shape index (κ2) is 9.34. The maximum atomic E-state index is 13.2. The van der Waals surface area contributed by atoms with Gasteiger partial charge in [0.15, 0.2) is 0 Å². The van der Waals surface area contributed by atoms with Crippen molar-refractivity contribution in [3.63, 3.8) is 0 Å². The molecule has 0 aliphatic heterocycles. The lowest BCUT2D eigenvalue weighted by atomic mass is 10.2. The van der Waals surface area contributed by atoms with Gasteiger partial charge in [-0.3, -0.25) is 0 Å². The first-order valence-corrected chi connectivity index (χ1v) is 10.2. The number of sulfonamides is 1. The van der Waals surface area contributed by atoms with Gasteiger partial charge in [0.1, 0.15) is 35.4 Å². The molecule has 0 saturated heterocycles. The van der Waals surface area contributed by atoms with E-state index in [-0.39, 0.29) is 18.7 Å². The number of rotatable bonds is 9. The first-order chi connectivity index (χ1) is 13.9. The van der Waals surface area contributed by atoms with Crippen molar-refractivity contribution in [2.24, 2.45) is 0 Å². The van der Waals surface area contributed by atoms with Crippen molar-refractivity contribution in [1.82, 2.24) is 19.7 Å². The molecule has 2 heterocycles. The molecule has 0 aliphatic carbocycles. The van der Waals surface area contributed by atoms with E-state index in [1.54, 1.807) is 24.4 Å². The molecule has 8 nitrogen and oxygen atoms in total. The van der Waals surface area contributed by atoms with Crippen molar-refractivity contribution in [2.45, 2.75) is 5.75 Å². The Bertz CT molecular complexity index is 1050. The van der Waals surface area contributed by atoms with Crippen LogP contribution in [0.15, 0.2) is 55.0 Å². The molecule has 0 amide bonds. The van der Waals surface area contributed by atoms with Gasteiger partial charge in [-0.2, -0.15) is 0 Å². The number of nitrogens with zero attached hydrogens (tertiary/aromatic N) is 3. The number of halogens is 2. The van der Waals surface area contributed by atoms with E-state index in [1.165, 1.54) is 6.33 Å². The summed E-state index contributed by atoms with van der Waals surface area (Å²) in [6.07, 6.45) is 3.00. The summed E-state index contributed by atoms with van der Waals surface area (Å²) < 4.78 is 52.9. The standard InChI is InChI=1S/C18H18F2N6O2S/c19-14-7-13(8-15(20)9-14)11-29(27,28)25-6-5-22-17-10-18(24-12-23-17)26-16-3-1-2-4-21-16/h1-4,7-10,12,25H,5-6,11H2,(H2,21,22,23,24,26). The van der Waals surface area contributed by atoms with Crippen LogP contribution in [-0.4, -0.2) is 36.5 Å². The van der Waals surface area contributed by atoms with Gasteiger partial charge in [0.25, 0.3) is 0 Å².